The Balaban J connectivity index is 1.69. The van der Waals surface area contributed by atoms with Crippen LogP contribution >= 0.6 is 0 Å². The van der Waals surface area contributed by atoms with Gasteiger partial charge in [-0.1, -0.05) is 72.8 Å². The Hall–Kier alpha value is -3.38. The molecule has 0 bridgehead atoms. The van der Waals surface area contributed by atoms with E-state index in [9.17, 15) is 19.8 Å². The average Bonchev–Trinajstić information content (AvgIpc) is 2.72. The van der Waals surface area contributed by atoms with E-state index in [0.29, 0.717) is 0 Å². The van der Waals surface area contributed by atoms with Gasteiger partial charge in [0.1, 0.15) is 6.61 Å². The summed E-state index contributed by atoms with van der Waals surface area (Å²) in [5.41, 5.74) is 1.61. The Bertz CT molecular complexity index is 957. The maximum Gasteiger partial charge on any atom is 0.407 e. The zero-order chi connectivity index (χ0) is 19.9. The lowest BCUT2D eigenvalue weighted by molar-refractivity contribution is -0.148. The van der Waals surface area contributed by atoms with Crippen molar-refractivity contribution in [3.8, 4) is 0 Å². The van der Waals surface area contributed by atoms with Gasteiger partial charge in [0.2, 0.25) is 0 Å². The molecule has 3 aromatic rings. The fourth-order valence-corrected chi connectivity index (χ4v) is 2.95. The van der Waals surface area contributed by atoms with Crippen molar-refractivity contribution < 1.29 is 24.5 Å². The summed E-state index contributed by atoms with van der Waals surface area (Å²) in [5, 5.41) is 23.7. The third-order valence-electron chi connectivity index (χ3n) is 4.42. The molecule has 0 saturated carbocycles. The quantitative estimate of drug-likeness (QED) is 0.586. The van der Waals surface area contributed by atoms with E-state index in [-0.39, 0.29) is 13.0 Å². The van der Waals surface area contributed by atoms with Gasteiger partial charge in [0.05, 0.1) is 6.04 Å². The highest BCUT2D eigenvalue weighted by atomic mass is 16.5. The molecule has 6 heteroatoms. The number of fused-ring (bicyclic) bond motifs is 1. The predicted molar refractivity (Wildman–Crippen MR) is 105 cm³/mol. The van der Waals surface area contributed by atoms with E-state index in [1.165, 1.54) is 0 Å². The van der Waals surface area contributed by atoms with Gasteiger partial charge in [-0.3, -0.25) is 0 Å². The lowest BCUT2D eigenvalue weighted by Gasteiger charge is -2.21. The molecule has 6 nitrogen and oxygen atoms in total. The Morgan fingerprint density at radius 2 is 1.57 bits per heavy atom. The average molecular weight is 379 g/mol. The fraction of sp³-hybridized carbons (Fsp3) is 0.182. The second-order valence-electron chi connectivity index (χ2n) is 6.48. The number of hydrogen-bond donors (Lipinski definition) is 3. The van der Waals surface area contributed by atoms with Gasteiger partial charge < -0.3 is 20.3 Å². The first kappa shape index (κ1) is 19.4. The van der Waals surface area contributed by atoms with E-state index in [1.54, 1.807) is 0 Å². The number of amides is 1. The molecule has 3 rings (SSSR count). The predicted octanol–water partition coefficient (Wildman–Crippen LogP) is 3.12. The largest absolute Gasteiger partial charge is 0.479 e. The number of hydrogen-bond acceptors (Lipinski definition) is 4. The molecule has 0 radical (unpaired) electrons. The minimum atomic E-state index is -1.75. The third-order valence-corrected chi connectivity index (χ3v) is 4.42. The first-order valence-electron chi connectivity index (χ1n) is 8.88. The number of benzene rings is 3. The number of carbonyl (C=O) groups excluding carboxylic acids is 1. The smallest absolute Gasteiger partial charge is 0.407 e. The number of carboxylic acid groups (broad SMARTS) is 1. The number of rotatable bonds is 7. The number of aliphatic hydroxyl groups is 1. The second kappa shape index (κ2) is 9.01. The highest BCUT2D eigenvalue weighted by Crippen LogP contribution is 2.17. The van der Waals surface area contributed by atoms with Crippen LogP contribution in [-0.4, -0.2) is 34.4 Å². The van der Waals surface area contributed by atoms with Crippen molar-refractivity contribution in [1.29, 1.82) is 0 Å². The molecular weight excluding hydrogens is 358 g/mol. The summed E-state index contributed by atoms with van der Waals surface area (Å²) in [6.07, 6.45) is -2.38. The molecule has 0 heterocycles. The molecule has 3 aromatic carbocycles. The first-order valence-corrected chi connectivity index (χ1v) is 8.88. The number of carbonyl (C=O) groups is 2. The van der Waals surface area contributed by atoms with Crippen molar-refractivity contribution in [3.05, 3.63) is 83.9 Å². The van der Waals surface area contributed by atoms with Crippen molar-refractivity contribution in [2.75, 3.05) is 0 Å². The summed E-state index contributed by atoms with van der Waals surface area (Å²) >= 11 is 0. The van der Waals surface area contributed by atoms with Crippen LogP contribution in [0.5, 0.6) is 0 Å². The van der Waals surface area contributed by atoms with Crippen molar-refractivity contribution in [2.45, 2.75) is 25.2 Å². The Kier molecular flexibility index (Phi) is 6.24. The van der Waals surface area contributed by atoms with Gasteiger partial charge >= 0.3 is 12.1 Å². The topological polar surface area (TPSA) is 95.9 Å². The minimum Gasteiger partial charge on any atom is -0.479 e. The molecule has 3 N–H and O–H groups in total. The maximum atomic E-state index is 12.1. The molecule has 28 heavy (non-hydrogen) atoms. The second-order valence-corrected chi connectivity index (χ2v) is 6.48. The van der Waals surface area contributed by atoms with Crippen LogP contribution in [0.25, 0.3) is 10.8 Å². The summed E-state index contributed by atoms with van der Waals surface area (Å²) in [5.74, 6) is -1.41. The Morgan fingerprint density at radius 3 is 2.29 bits per heavy atom. The van der Waals surface area contributed by atoms with Gasteiger partial charge in [-0.25, -0.2) is 9.59 Å². The number of carboxylic acids is 1. The number of aliphatic carboxylic acids is 1. The molecule has 0 aliphatic heterocycles. The molecule has 2 unspecified atom stereocenters. The van der Waals surface area contributed by atoms with E-state index in [2.05, 4.69) is 5.32 Å². The van der Waals surface area contributed by atoms with Crippen molar-refractivity contribution >= 4 is 22.8 Å². The van der Waals surface area contributed by atoms with Crippen molar-refractivity contribution in [3.63, 3.8) is 0 Å². The van der Waals surface area contributed by atoms with Crippen LogP contribution < -0.4 is 5.32 Å². The minimum absolute atomic E-state index is 0.0541. The van der Waals surface area contributed by atoms with Gasteiger partial charge in [-0.15, -0.1) is 0 Å². The van der Waals surface area contributed by atoms with Crippen LogP contribution in [0.1, 0.15) is 11.1 Å². The summed E-state index contributed by atoms with van der Waals surface area (Å²) in [6.45, 7) is 0.0541. The fourth-order valence-electron chi connectivity index (χ4n) is 2.95. The number of alkyl carbamates (subject to hydrolysis) is 1. The molecule has 0 saturated heterocycles. The van der Waals surface area contributed by atoms with Gasteiger partial charge in [0, 0.05) is 0 Å². The van der Waals surface area contributed by atoms with E-state index >= 15 is 0 Å². The van der Waals surface area contributed by atoms with Crippen molar-refractivity contribution in [1.82, 2.24) is 5.32 Å². The molecule has 0 aromatic heterocycles. The molecule has 2 atom stereocenters. The van der Waals surface area contributed by atoms with Gasteiger partial charge in [-0.05, 0) is 28.3 Å². The van der Waals surface area contributed by atoms with Crippen LogP contribution in [0, 0.1) is 0 Å². The molecular formula is C22H21NO5. The summed E-state index contributed by atoms with van der Waals surface area (Å²) in [4.78, 5) is 23.4. The summed E-state index contributed by atoms with van der Waals surface area (Å²) < 4.78 is 5.14. The van der Waals surface area contributed by atoms with Crippen LogP contribution in [0.2, 0.25) is 0 Å². The van der Waals surface area contributed by atoms with Gasteiger partial charge in [0.25, 0.3) is 0 Å². The highest BCUT2D eigenvalue weighted by molar-refractivity contribution is 5.83. The van der Waals surface area contributed by atoms with E-state index in [0.717, 1.165) is 21.9 Å². The molecule has 0 aliphatic rings. The normalized spacial score (nSPS) is 12.9. The maximum absolute atomic E-state index is 12.1. The van der Waals surface area contributed by atoms with Gasteiger partial charge in [-0.2, -0.15) is 0 Å². The van der Waals surface area contributed by atoms with E-state index < -0.39 is 24.2 Å². The number of ether oxygens (including phenoxy) is 1. The van der Waals surface area contributed by atoms with Crippen LogP contribution in [-0.2, 0) is 22.6 Å². The molecule has 144 valence electrons. The standard InChI is InChI=1S/C22H21NO5/c24-20(21(25)26)19(23-22(27)28-14-15-6-2-1-3-7-15)13-16-10-11-17-8-4-5-9-18(17)12-16/h1-12,19-20,24H,13-14H2,(H,23,27)(H,25,26). The van der Waals surface area contributed by atoms with Gasteiger partial charge in [0.15, 0.2) is 6.10 Å². The zero-order valence-electron chi connectivity index (χ0n) is 15.1. The summed E-state index contributed by atoms with van der Waals surface area (Å²) in [6, 6.07) is 21.5. The molecule has 0 aliphatic carbocycles. The van der Waals surface area contributed by atoms with Crippen molar-refractivity contribution in [2.24, 2.45) is 0 Å². The SMILES string of the molecule is O=C(NC(Cc1ccc2ccccc2c1)C(O)C(=O)O)OCc1ccccc1. The molecule has 0 spiro atoms. The van der Waals surface area contributed by atoms with Crippen LogP contribution in [0.4, 0.5) is 4.79 Å². The van der Waals surface area contributed by atoms with Crippen LogP contribution in [0.15, 0.2) is 72.8 Å². The van der Waals surface area contributed by atoms with Crippen LogP contribution in [0.3, 0.4) is 0 Å². The van der Waals surface area contributed by atoms with E-state index in [1.807, 2.05) is 72.8 Å². The Morgan fingerprint density at radius 1 is 0.893 bits per heavy atom. The molecule has 1 amide bonds. The zero-order valence-corrected chi connectivity index (χ0v) is 15.1. The van der Waals surface area contributed by atoms with E-state index in [4.69, 9.17) is 4.74 Å². The first-order chi connectivity index (χ1) is 13.5. The monoisotopic (exact) mass is 379 g/mol. The third kappa shape index (κ3) is 5.08. The lowest BCUT2D eigenvalue weighted by Crippen LogP contribution is -2.48. The number of aliphatic hydroxyl groups excluding tert-OH is 1. The highest BCUT2D eigenvalue weighted by Gasteiger charge is 2.28. The lowest BCUT2D eigenvalue weighted by atomic mass is 9.98. The molecule has 0 fully saturated rings. The Labute approximate surface area is 162 Å². The summed E-state index contributed by atoms with van der Waals surface area (Å²) in [7, 11) is 0. The number of nitrogens with one attached hydrogen (secondary N) is 1.